The number of hydrogen-bond acceptors (Lipinski definition) is 7. The lowest BCUT2D eigenvalue weighted by Gasteiger charge is -2.59. The van der Waals surface area contributed by atoms with E-state index in [9.17, 15) is 24.3 Å². The summed E-state index contributed by atoms with van der Waals surface area (Å²) < 4.78 is 10.8. The monoisotopic (exact) mass is 444 g/mol. The number of rotatable bonds is 4. The van der Waals surface area contributed by atoms with Gasteiger partial charge >= 0.3 is 11.9 Å². The molecule has 0 heterocycles. The molecule has 4 aliphatic rings. The number of aliphatic hydroxyl groups is 1. The molecule has 32 heavy (non-hydrogen) atoms. The lowest BCUT2D eigenvalue weighted by molar-refractivity contribution is -0.199. The van der Waals surface area contributed by atoms with Gasteiger partial charge in [0.1, 0.15) is 0 Å². The maximum absolute atomic E-state index is 13.4. The Morgan fingerprint density at radius 2 is 1.88 bits per heavy atom. The van der Waals surface area contributed by atoms with Crippen LogP contribution in [0.3, 0.4) is 0 Å². The second-order valence-electron chi connectivity index (χ2n) is 10.4. The Bertz CT molecular complexity index is 933. The number of carbonyl (C=O) groups excluding carboxylic acids is 4. The first-order valence-corrected chi connectivity index (χ1v) is 11.4. The second kappa shape index (κ2) is 7.65. The summed E-state index contributed by atoms with van der Waals surface area (Å²) in [7, 11) is 0. The van der Waals surface area contributed by atoms with Gasteiger partial charge in [-0.05, 0) is 56.1 Å². The molecule has 7 nitrogen and oxygen atoms in total. The first-order chi connectivity index (χ1) is 14.9. The molecule has 7 atom stereocenters. The number of ether oxygens (including phenoxy) is 2. The molecule has 0 amide bonds. The first-order valence-electron chi connectivity index (χ1n) is 11.4. The van der Waals surface area contributed by atoms with Crippen LogP contribution in [0.5, 0.6) is 0 Å². The number of esters is 2. The van der Waals surface area contributed by atoms with Gasteiger partial charge in [-0.3, -0.25) is 19.2 Å². The number of fused-ring (bicyclic) bond motifs is 5. The van der Waals surface area contributed by atoms with Crippen LogP contribution in [0, 0.1) is 28.6 Å². The van der Waals surface area contributed by atoms with Gasteiger partial charge in [0.15, 0.2) is 18.0 Å². The van der Waals surface area contributed by atoms with E-state index in [0.29, 0.717) is 19.3 Å². The van der Waals surface area contributed by atoms with Gasteiger partial charge in [0.2, 0.25) is 5.78 Å². The molecule has 0 aromatic carbocycles. The van der Waals surface area contributed by atoms with Gasteiger partial charge in [-0.1, -0.05) is 25.5 Å². The van der Waals surface area contributed by atoms with E-state index >= 15 is 0 Å². The van der Waals surface area contributed by atoms with Gasteiger partial charge in [0.05, 0.1) is 6.10 Å². The molecule has 0 radical (unpaired) electrons. The Balaban J connectivity index is 1.73. The van der Waals surface area contributed by atoms with Crippen LogP contribution in [0.1, 0.15) is 59.8 Å². The number of ketones is 2. The van der Waals surface area contributed by atoms with Crippen molar-refractivity contribution in [2.75, 3.05) is 6.61 Å². The fourth-order valence-electron chi connectivity index (χ4n) is 7.53. The van der Waals surface area contributed by atoms with Crippen molar-refractivity contribution in [3.8, 4) is 0 Å². The Labute approximate surface area is 188 Å². The topological polar surface area (TPSA) is 107 Å². The largest absolute Gasteiger partial charge is 0.458 e. The van der Waals surface area contributed by atoms with E-state index in [1.165, 1.54) is 13.8 Å². The van der Waals surface area contributed by atoms with Crippen LogP contribution in [0.4, 0.5) is 0 Å². The summed E-state index contributed by atoms with van der Waals surface area (Å²) >= 11 is 0. The van der Waals surface area contributed by atoms with Crippen molar-refractivity contribution in [1.29, 1.82) is 0 Å². The third-order valence-corrected chi connectivity index (χ3v) is 8.79. The molecular formula is C25H32O7. The molecule has 4 rings (SSSR count). The lowest BCUT2D eigenvalue weighted by atomic mass is 9.46. The van der Waals surface area contributed by atoms with Crippen LogP contribution >= 0.6 is 0 Å². The molecule has 4 aliphatic carbocycles. The highest BCUT2D eigenvalue weighted by Gasteiger charge is 2.70. The van der Waals surface area contributed by atoms with Crippen LogP contribution in [-0.4, -0.2) is 46.9 Å². The van der Waals surface area contributed by atoms with E-state index in [4.69, 9.17) is 9.47 Å². The van der Waals surface area contributed by atoms with Crippen molar-refractivity contribution in [2.45, 2.75) is 71.5 Å². The molecule has 0 aromatic heterocycles. The van der Waals surface area contributed by atoms with Crippen molar-refractivity contribution in [1.82, 2.24) is 0 Å². The maximum Gasteiger partial charge on any atom is 0.303 e. The van der Waals surface area contributed by atoms with E-state index < -0.39 is 46.9 Å². The Hall–Kier alpha value is -2.28. The highest BCUT2D eigenvalue weighted by atomic mass is 16.6. The third kappa shape index (κ3) is 3.19. The Morgan fingerprint density at radius 3 is 2.53 bits per heavy atom. The van der Waals surface area contributed by atoms with Crippen LogP contribution < -0.4 is 0 Å². The molecule has 7 heteroatoms. The molecular weight excluding hydrogens is 412 g/mol. The van der Waals surface area contributed by atoms with Crippen molar-refractivity contribution >= 4 is 23.5 Å². The smallest absolute Gasteiger partial charge is 0.303 e. The summed E-state index contributed by atoms with van der Waals surface area (Å²) in [6, 6.07) is 0. The average molecular weight is 445 g/mol. The molecule has 174 valence electrons. The average Bonchev–Trinajstić information content (AvgIpc) is 2.98. The third-order valence-electron chi connectivity index (χ3n) is 8.79. The molecule has 0 aliphatic heterocycles. The Morgan fingerprint density at radius 1 is 1.16 bits per heavy atom. The minimum Gasteiger partial charge on any atom is -0.458 e. The predicted molar refractivity (Wildman–Crippen MR) is 114 cm³/mol. The van der Waals surface area contributed by atoms with E-state index in [1.807, 2.05) is 13.0 Å². The minimum absolute atomic E-state index is 0.0168. The number of hydrogen-bond donors (Lipinski definition) is 1. The number of Topliss-reactive ketones (excluding diaryl/α,β-unsaturated/α-hetero) is 1. The fourth-order valence-corrected chi connectivity index (χ4v) is 7.53. The molecule has 0 saturated heterocycles. The number of aliphatic hydroxyl groups excluding tert-OH is 1. The summed E-state index contributed by atoms with van der Waals surface area (Å²) in [5, 5.41) is 11.5. The minimum atomic E-state index is -1.43. The van der Waals surface area contributed by atoms with Crippen molar-refractivity contribution in [3.05, 3.63) is 23.8 Å². The fraction of sp³-hybridized carbons (Fsp3) is 0.680. The van der Waals surface area contributed by atoms with Crippen molar-refractivity contribution in [2.24, 2.45) is 28.6 Å². The van der Waals surface area contributed by atoms with Crippen LogP contribution in [0.25, 0.3) is 0 Å². The van der Waals surface area contributed by atoms with Gasteiger partial charge < -0.3 is 14.6 Å². The van der Waals surface area contributed by atoms with Crippen molar-refractivity contribution in [3.63, 3.8) is 0 Å². The van der Waals surface area contributed by atoms with Gasteiger partial charge in [-0.25, -0.2) is 0 Å². The highest BCUT2D eigenvalue weighted by molar-refractivity contribution is 6.01. The van der Waals surface area contributed by atoms with Gasteiger partial charge in [0.25, 0.3) is 0 Å². The molecule has 3 saturated carbocycles. The summed E-state index contributed by atoms with van der Waals surface area (Å²) in [5.41, 5.74) is -1.56. The predicted octanol–water partition coefficient (Wildman–Crippen LogP) is 2.70. The number of allylic oxidation sites excluding steroid dienone is 4. The maximum atomic E-state index is 13.4. The Kier molecular flexibility index (Phi) is 5.47. The zero-order valence-corrected chi connectivity index (χ0v) is 19.2. The van der Waals surface area contributed by atoms with E-state index in [-0.39, 0.29) is 23.5 Å². The quantitative estimate of drug-likeness (QED) is 0.664. The molecule has 3 fully saturated rings. The molecule has 0 bridgehead atoms. The highest BCUT2D eigenvalue weighted by Crippen LogP contribution is 2.67. The second-order valence-corrected chi connectivity index (χ2v) is 10.4. The molecule has 1 N–H and O–H groups in total. The summed E-state index contributed by atoms with van der Waals surface area (Å²) in [6.07, 6.45) is 7.38. The van der Waals surface area contributed by atoms with Gasteiger partial charge in [-0.2, -0.15) is 0 Å². The zero-order chi connectivity index (χ0) is 23.5. The summed E-state index contributed by atoms with van der Waals surface area (Å²) in [5.74, 6) is -1.49. The summed E-state index contributed by atoms with van der Waals surface area (Å²) in [6.45, 7) is 6.08. The summed E-state index contributed by atoms with van der Waals surface area (Å²) in [4.78, 5) is 48.8. The van der Waals surface area contributed by atoms with Crippen molar-refractivity contribution < 1.29 is 33.8 Å². The zero-order valence-electron chi connectivity index (χ0n) is 19.2. The molecule has 0 aromatic rings. The van der Waals surface area contributed by atoms with E-state index in [1.54, 1.807) is 12.2 Å². The standard InChI is InChI=1S/C25H32O7/c1-14(26)31-13-21(30)25(32-15(2)27)10-8-19-18-6-5-16-11-17(28)7-9-23(16,3)22(18)20(29)12-24(19,25)4/h7,9,11,18-20,22,29H,5-6,8,10,12-13H2,1-4H3/t18?,19?,20?,22?,23-,24-,25-/m0/s1. The van der Waals surface area contributed by atoms with Crippen LogP contribution in [0.2, 0.25) is 0 Å². The number of carbonyl (C=O) groups is 4. The first kappa shape index (κ1) is 22.9. The lowest BCUT2D eigenvalue weighted by Crippen LogP contribution is -2.63. The van der Waals surface area contributed by atoms with Crippen LogP contribution in [0.15, 0.2) is 23.8 Å². The molecule has 4 unspecified atom stereocenters. The van der Waals surface area contributed by atoms with Crippen LogP contribution in [-0.2, 0) is 28.7 Å². The molecule has 0 spiro atoms. The van der Waals surface area contributed by atoms with E-state index in [2.05, 4.69) is 6.92 Å². The normalized spacial score (nSPS) is 42.3. The van der Waals surface area contributed by atoms with Gasteiger partial charge in [-0.15, -0.1) is 0 Å². The van der Waals surface area contributed by atoms with Gasteiger partial charge in [0, 0.05) is 30.6 Å². The van der Waals surface area contributed by atoms with E-state index in [0.717, 1.165) is 18.4 Å². The SMILES string of the molecule is CC(=O)OCC(=O)[C@@]1(OC(C)=O)CCC2C3CCC4=CC(=O)C=C[C@]4(C)C3C(O)C[C@@]21C.